The minimum atomic E-state index is -4.49. The number of carboxylic acids is 1. The van der Waals surface area contributed by atoms with Crippen molar-refractivity contribution in [2.45, 2.75) is 75.0 Å². The Morgan fingerprint density at radius 2 is 1.89 bits per heavy atom. The zero-order valence-electron chi connectivity index (χ0n) is 19.9. The number of thioether (sulfide) groups is 1. The highest BCUT2D eigenvalue weighted by Gasteiger charge is 2.32. The van der Waals surface area contributed by atoms with Gasteiger partial charge in [0.1, 0.15) is 16.2 Å². The van der Waals surface area contributed by atoms with Crippen LogP contribution in [0.5, 0.6) is 0 Å². The van der Waals surface area contributed by atoms with E-state index < -0.39 is 23.0 Å². The van der Waals surface area contributed by atoms with E-state index in [2.05, 4.69) is 27.5 Å². The lowest BCUT2D eigenvalue weighted by atomic mass is 10.1. The molecule has 36 heavy (non-hydrogen) atoms. The number of carboxylic acid groups (broad SMARTS) is 1. The zero-order valence-corrected chi connectivity index (χ0v) is 21.5. The lowest BCUT2D eigenvalue weighted by Crippen LogP contribution is -2.24. The van der Waals surface area contributed by atoms with E-state index in [1.807, 2.05) is 0 Å². The Labute approximate surface area is 217 Å². The van der Waals surface area contributed by atoms with Crippen LogP contribution in [-0.2, 0) is 22.3 Å². The van der Waals surface area contributed by atoms with Crippen LogP contribution in [0.2, 0.25) is 5.15 Å². The monoisotopic (exact) mass is 546 g/mol. The molecule has 2 rings (SSSR count). The molecule has 12 heteroatoms. The molecular weight excluding hydrogens is 517 g/mol. The number of hydrogen-bond donors (Lipinski definition) is 3. The summed E-state index contributed by atoms with van der Waals surface area (Å²) < 4.78 is 39.2. The lowest BCUT2D eigenvalue weighted by molar-refractivity contribution is -0.138. The van der Waals surface area contributed by atoms with Gasteiger partial charge in [0.15, 0.2) is 5.16 Å². The van der Waals surface area contributed by atoms with Crippen molar-refractivity contribution in [1.29, 1.82) is 0 Å². The van der Waals surface area contributed by atoms with Crippen molar-refractivity contribution in [2.24, 2.45) is 0 Å². The Hall–Kier alpha value is -2.53. The normalized spacial score (nSPS) is 12.2. The summed E-state index contributed by atoms with van der Waals surface area (Å²) in [5.74, 6) is -0.913. The third kappa shape index (κ3) is 10.6. The van der Waals surface area contributed by atoms with Crippen molar-refractivity contribution in [2.75, 3.05) is 11.9 Å². The Morgan fingerprint density at radius 1 is 1.14 bits per heavy atom. The molecular formula is C24H30ClF3N4O3S. The van der Waals surface area contributed by atoms with E-state index in [-0.39, 0.29) is 34.7 Å². The van der Waals surface area contributed by atoms with Crippen molar-refractivity contribution in [1.82, 2.24) is 15.3 Å². The minimum Gasteiger partial charge on any atom is -0.480 e. The number of alkyl halides is 3. The fourth-order valence-corrected chi connectivity index (χ4v) is 4.53. The molecule has 0 spiro atoms. The molecule has 1 heterocycles. The standard InChI is InChI=1S/C24H30ClF3N4O3S/c1-2-3-4-5-11-18(22(34)35)36-23-31-19(25)14-20(32-23)29-13-8-12-21(33)30-15-16-9-6-7-10-17(16)24(26,27)28/h6-7,9-10,14,18H,2-5,8,11-13,15H2,1H3,(H,30,33)(H,34,35)(H,29,31,32). The van der Waals surface area contributed by atoms with Gasteiger partial charge in [0.2, 0.25) is 5.91 Å². The van der Waals surface area contributed by atoms with Gasteiger partial charge in [-0.3, -0.25) is 9.59 Å². The van der Waals surface area contributed by atoms with E-state index in [9.17, 15) is 27.9 Å². The van der Waals surface area contributed by atoms with Gasteiger partial charge in [0, 0.05) is 25.6 Å². The van der Waals surface area contributed by atoms with Gasteiger partial charge in [-0.05, 0) is 24.5 Å². The Kier molecular flexibility index (Phi) is 12.3. The molecule has 0 fully saturated rings. The second-order valence-electron chi connectivity index (χ2n) is 8.11. The van der Waals surface area contributed by atoms with Gasteiger partial charge in [-0.15, -0.1) is 0 Å². The smallest absolute Gasteiger partial charge is 0.416 e. The van der Waals surface area contributed by atoms with Crippen molar-refractivity contribution >= 4 is 41.1 Å². The molecule has 0 bridgehead atoms. The molecule has 2 aromatic rings. The number of aromatic nitrogens is 2. The SMILES string of the molecule is CCCCCCC(Sc1nc(Cl)cc(NCCCC(=O)NCc2ccccc2C(F)(F)F)n1)C(=O)O. The van der Waals surface area contributed by atoms with Crippen molar-refractivity contribution in [3.8, 4) is 0 Å². The molecule has 0 aliphatic rings. The number of nitrogens with one attached hydrogen (secondary N) is 2. The van der Waals surface area contributed by atoms with Gasteiger partial charge in [0.25, 0.3) is 0 Å². The summed E-state index contributed by atoms with van der Waals surface area (Å²) in [6.07, 6.45) is 0.386. The molecule has 0 aliphatic carbocycles. The average Bonchev–Trinajstić information content (AvgIpc) is 2.81. The molecule has 7 nitrogen and oxygen atoms in total. The van der Waals surface area contributed by atoms with Gasteiger partial charge in [0.05, 0.1) is 5.56 Å². The number of amides is 1. The lowest BCUT2D eigenvalue weighted by Gasteiger charge is -2.13. The van der Waals surface area contributed by atoms with Gasteiger partial charge in [-0.25, -0.2) is 9.97 Å². The van der Waals surface area contributed by atoms with Gasteiger partial charge in [-0.1, -0.05) is 74.2 Å². The number of rotatable bonds is 15. The second kappa shape index (κ2) is 14.9. The van der Waals surface area contributed by atoms with Crippen LogP contribution < -0.4 is 10.6 Å². The van der Waals surface area contributed by atoms with Crippen LogP contribution >= 0.6 is 23.4 Å². The van der Waals surface area contributed by atoms with E-state index in [0.29, 0.717) is 25.2 Å². The van der Waals surface area contributed by atoms with Crippen molar-refractivity contribution in [3.05, 3.63) is 46.6 Å². The summed E-state index contributed by atoms with van der Waals surface area (Å²) in [5, 5.41) is 14.8. The number of halogens is 4. The summed E-state index contributed by atoms with van der Waals surface area (Å²) in [5.41, 5.74) is -0.769. The van der Waals surface area contributed by atoms with E-state index in [4.69, 9.17) is 11.6 Å². The first-order chi connectivity index (χ1) is 17.1. The number of nitrogens with zero attached hydrogens (tertiary/aromatic N) is 2. The number of hydrogen-bond acceptors (Lipinski definition) is 6. The fourth-order valence-electron chi connectivity index (χ4n) is 3.36. The van der Waals surface area contributed by atoms with Crippen molar-refractivity contribution in [3.63, 3.8) is 0 Å². The Balaban J connectivity index is 1.81. The summed E-state index contributed by atoms with van der Waals surface area (Å²) in [4.78, 5) is 32.1. The molecule has 1 atom stereocenters. The summed E-state index contributed by atoms with van der Waals surface area (Å²) in [6, 6.07) is 6.61. The summed E-state index contributed by atoms with van der Waals surface area (Å²) >= 11 is 7.11. The summed E-state index contributed by atoms with van der Waals surface area (Å²) in [7, 11) is 0. The van der Waals surface area contributed by atoms with E-state index in [1.54, 1.807) is 0 Å². The van der Waals surface area contributed by atoms with Crippen LogP contribution in [0.1, 0.15) is 63.0 Å². The molecule has 0 aliphatic heterocycles. The highest BCUT2D eigenvalue weighted by molar-refractivity contribution is 8.00. The number of aliphatic carboxylic acids is 1. The number of benzene rings is 1. The predicted molar refractivity (Wildman–Crippen MR) is 134 cm³/mol. The van der Waals surface area contributed by atoms with E-state index >= 15 is 0 Å². The maximum Gasteiger partial charge on any atom is 0.416 e. The molecule has 0 saturated heterocycles. The number of carbonyl (C=O) groups is 2. The van der Waals surface area contributed by atoms with E-state index in [0.717, 1.165) is 43.5 Å². The first-order valence-electron chi connectivity index (χ1n) is 11.7. The third-order valence-corrected chi connectivity index (χ3v) is 6.51. The Morgan fingerprint density at radius 3 is 2.58 bits per heavy atom. The van der Waals surface area contributed by atoms with Crippen molar-refractivity contribution < 1.29 is 27.9 Å². The maximum atomic E-state index is 13.1. The highest BCUT2D eigenvalue weighted by atomic mass is 35.5. The van der Waals surface area contributed by atoms with Crippen LogP contribution in [0.15, 0.2) is 35.5 Å². The number of unbranched alkanes of at least 4 members (excludes halogenated alkanes) is 3. The molecule has 0 radical (unpaired) electrons. The minimum absolute atomic E-state index is 0.00200. The molecule has 1 unspecified atom stereocenters. The molecule has 1 amide bonds. The highest BCUT2D eigenvalue weighted by Crippen LogP contribution is 2.31. The molecule has 0 saturated carbocycles. The van der Waals surface area contributed by atoms with E-state index in [1.165, 1.54) is 24.3 Å². The van der Waals surface area contributed by atoms with Gasteiger partial charge >= 0.3 is 12.1 Å². The largest absolute Gasteiger partial charge is 0.480 e. The first-order valence-corrected chi connectivity index (χ1v) is 13.0. The predicted octanol–water partition coefficient (Wildman–Crippen LogP) is 6.17. The zero-order chi connectivity index (χ0) is 26.6. The molecule has 1 aromatic heterocycles. The fraction of sp³-hybridized carbons (Fsp3) is 0.500. The third-order valence-electron chi connectivity index (χ3n) is 5.20. The van der Waals surface area contributed by atoms with Crippen LogP contribution in [0.3, 0.4) is 0 Å². The first kappa shape index (κ1) is 29.7. The molecule has 3 N–H and O–H groups in total. The topological polar surface area (TPSA) is 104 Å². The van der Waals surface area contributed by atoms with Crippen LogP contribution in [0.25, 0.3) is 0 Å². The quantitative estimate of drug-likeness (QED) is 0.106. The Bertz CT molecular complexity index is 1010. The second-order valence-corrected chi connectivity index (χ2v) is 9.67. The number of carbonyl (C=O) groups excluding carboxylic acids is 1. The molecule has 1 aromatic carbocycles. The molecule has 198 valence electrons. The van der Waals surface area contributed by atoms with Gasteiger partial charge < -0.3 is 15.7 Å². The van der Waals surface area contributed by atoms with Crippen LogP contribution in [-0.4, -0.2) is 38.7 Å². The van der Waals surface area contributed by atoms with Crippen LogP contribution in [0, 0.1) is 0 Å². The summed E-state index contributed by atoms with van der Waals surface area (Å²) in [6.45, 7) is 2.22. The van der Waals surface area contributed by atoms with Gasteiger partial charge in [-0.2, -0.15) is 13.2 Å². The van der Waals surface area contributed by atoms with Crippen LogP contribution in [0.4, 0.5) is 19.0 Å². The maximum absolute atomic E-state index is 13.1. The average molecular weight is 547 g/mol. The number of anilines is 1.